The Hall–Kier alpha value is -2.21. The monoisotopic (exact) mass is 412 g/mol. The van der Waals surface area contributed by atoms with Gasteiger partial charge in [0, 0.05) is 23.5 Å². The van der Waals surface area contributed by atoms with Crippen molar-refractivity contribution in [3.63, 3.8) is 0 Å². The SMILES string of the molecule is CCc1ccc(-c2nc(C(=O)OCC(=O)N3CCC[C@H]4CCCC[C@H]43)cs2)cc1. The van der Waals surface area contributed by atoms with Gasteiger partial charge in [-0.25, -0.2) is 9.78 Å². The second kappa shape index (κ2) is 9.08. The first-order valence-corrected chi connectivity index (χ1v) is 11.5. The van der Waals surface area contributed by atoms with Crippen molar-refractivity contribution in [2.24, 2.45) is 5.92 Å². The maximum Gasteiger partial charge on any atom is 0.358 e. The summed E-state index contributed by atoms with van der Waals surface area (Å²) in [6.07, 6.45) is 8.01. The van der Waals surface area contributed by atoms with Gasteiger partial charge in [-0.3, -0.25) is 4.79 Å². The van der Waals surface area contributed by atoms with E-state index in [1.54, 1.807) is 5.38 Å². The lowest BCUT2D eigenvalue weighted by atomic mass is 9.78. The van der Waals surface area contributed by atoms with E-state index < -0.39 is 5.97 Å². The summed E-state index contributed by atoms with van der Waals surface area (Å²) >= 11 is 1.41. The fraction of sp³-hybridized carbons (Fsp3) is 0.522. The Bertz CT molecular complexity index is 859. The Morgan fingerprint density at radius 1 is 1.14 bits per heavy atom. The average Bonchev–Trinajstić information content (AvgIpc) is 3.27. The third kappa shape index (κ3) is 4.53. The highest BCUT2D eigenvalue weighted by Gasteiger charge is 2.35. The van der Waals surface area contributed by atoms with Gasteiger partial charge in [0.1, 0.15) is 5.01 Å². The average molecular weight is 413 g/mol. The van der Waals surface area contributed by atoms with Crippen LogP contribution in [0.4, 0.5) is 0 Å². The second-order valence-corrected chi connectivity index (χ2v) is 8.86. The molecule has 29 heavy (non-hydrogen) atoms. The molecule has 0 spiro atoms. The summed E-state index contributed by atoms with van der Waals surface area (Å²) in [4.78, 5) is 31.5. The van der Waals surface area contributed by atoms with Gasteiger partial charge in [-0.2, -0.15) is 0 Å². The van der Waals surface area contributed by atoms with Crippen molar-refractivity contribution in [1.29, 1.82) is 0 Å². The van der Waals surface area contributed by atoms with Crippen molar-refractivity contribution >= 4 is 23.2 Å². The van der Waals surface area contributed by atoms with Crippen LogP contribution in [0, 0.1) is 5.92 Å². The van der Waals surface area contributed by atoms with E-state index in [-0.39, 0.29) is 18.2 Å². The van der Waals surface area contributed by atoms with Crippen molar-refractivity contribution in [3.8, 4) is 10.6 Å². The topological polar surface area (TPSA) is 59.5 Å². The summed E-state index contributed by atoms with van der Waals surface area (Å²) in [6.45, 7) is 2.71. The number of rotatable bonds is 5. The number of ether oxygens (including phenoxy) is 1. The number of nitrogens with zero attached hydrogens (tertiary/aromatic N) is 2. The molecule has 2 fully saturated rings. The van der Waals surface area contributed by atoms with Crippen molar-refractivity contribution in [1.82, 2.24) is 9.88 Å². The normalized spacial score (nSPS) is 21.5. The maximum atomic E-state index is 12.7. The minimum Gasteiger partial charge on any atom is -0.451 e. The number of hydrogen-bond donors (Lipinski definition) is 0. The van der Waals surface area contributed by atoms with Crippen LogP contribution in [-0.4, -0.2) is 41.0 Å². The summed E-state index contributed by atoms with van der Waals surface area (Å²) in [7, 11) is 0. The lowest BCUT2D eigenvalue weighted by Crippen LogP contribution is -2.50. The molecule has 0 radical (unpaired) electrons. The van der Waals surface area contributed by atoms with E-state index in [0.29, 0.717) is 12.0 Å². The van der Waals surface area contributed by atoms with Gasteiger partial charge in [0.25, 0.3) is 5.91 Å². The van der Waals surface area contributed by atoms with Crippen LogP contribution in [0.15, 0.2) is 29.6 Å². The van der Waals surface area contributed by atoms with Gasteiger partial charge in [0.2, 0.25) is 0 Å². The molecular weight excluding hydrogens is 384 g/mol. The fourth-order valence-electron chi connectivity index (χ4n) is 4.60. The smallest absolute Gasteiger partial charge is 0.358 e. The number of amides is 1. The highest BCUT2D eigenvalue weighted by Crippen LogP contribution is 2.35. The lowest BCUT2D eigenvalue weighted by molar-refractivity contribution is -0.140. The van der Waals surface area contributed by atoms with Crippen molar-refractivity contribution < 1.29 is 14.3 Å². The standard InChI is InChI=1S/C23H28N2O3S/c1-2-16-9-11-18(12-10-16)22-24-19(15-29-22)23(27)28-14-21(26)25-13-5-7-17-6-3-4-8-20(17)25/h9-12,15,17,20H,2-8,13-14H2,1H3/t17-,20-/m1/s1. The van der Waals surface area contributed by atoms with Crippen LogP contribution in [0.5, 0.6) is 0 Å². The van der Waals surface area contributed by atoms with Crippen LogP contribution in [0.25, 0.3) is 10.6 Å². The molecule has 4 rings (SSSR count). The van der Waals surface area contributed by atoms with Crippen molar-refractivity contribution in [2.75, 3.05) is 13.2 Å². The van der Waals surface area contributed by atoms with Crippen molar-refractivity contribution in [3.05, 3.63) is 40.9 Å². The Morgan fingerprint density at radius 3 is 2.69 bits per heavy atom. The predicted octanol–water partition coefficient (Wildman–Crippen LogP) is 4.71. The van der Waals surface area contributed by atoms with Crippen molar-refractivity contribution in [2.45, 2.75) is 57.9 Å². The number of piperidine rings is 1. The van der Waals surface area contributed by atoms with Crippen LogP contribution in [0.1, 0.15) is 61.5 Å². The van der Waals surface area contributed by atoms with Gasteiger partial charge >= 0.3 is 5.97 Å². The molecule has 1 amide bonds. The van der Waals surface area contributed by atoms with Gasteiger partial charge in [-0.05, 0) is 43.6 Å². The van der Waals surface area contributed by atoms with Crippen LogP contribution in [-0.2, 0) is 16.0 Å². The Balaban J connectivity index is 1.34. The molecule has 1 aromatic carbocycles. The molecule has 6 heteroatoms. The summed E-state index contributed by atoms with van der Waals surface area (Å²) in [6, 6.07) is 8.52. The number of aryl methyl sites for hydroxylation is 1. The highest BCUT2D eigenvalue weighted by molar-refractivity contribution is 7.13. The zero-order valence-corrected chi connectivity index (χ0v) is 17.7. The number of thiazole rings is 1. The fourth-order valence-corrected chi connectivity index (χ4v) is 5.40. The minimum absolute atomic E-state index is 0.0689. The molecule has 2 aromatic rings. The summed E-state index contributed by atoms with van der Waals surface area (Å²) in [5, 5.41) is 2.49. The van der Waals surface area contributed by atoms with E-state index in [2.05, 4.69) is 24.0 Å². The van der Waals surface area contributed by atoms with E-state index in [0.717, 1.165) is 36.4 Å². The van der Waals surface area contributed by atoms with Crippen LogP contribution >= 0.6 is 11.3 Å². The number of esters is 1. The van der Waals surface area contributed by atoms with Crippen LogP contribution in [0.2, 0.25) is 0 Å². The number of likely N-dealkylation sites (tertiary alicyclic amines) is 1. The van der Waals surface area contributed by atoms with E-state index in [1.165, 1.54) is 42.6 Å². The third-order valence-corrected chi connectivity index (χ3v) is 7.10. The largest absolute Gasteiger partial charge is 0.451 e. The van der Waals surface area contributed by atoms with E-state index in [4.69, 9.17) is 4.74 Å². The van der Waals surface area contributed by atoms with Gasteiger partial charge in [0.05, 0.1) is 0 Å². The number of carbonyl (C=O) groups excluding carboxylic acids is 2. The Morgan fingerprint density at radius 2 is 1.90 bits per heavy atom. The zero-order chi connectivity index (χ0) is 20.2. The molecule has 5 nitrogen and oxygen atoms in total. The number of hydrogen-bond acceptors (Lipinski definition) is 5. The molecule has 1 aliphatic heterocycles. The molecule has 1 saturated heterocycles. The molecule has 0 N–H and O–H groups in total. The molecule has 1 aromatic heterocycles. The lowest BCUT2D eigenvalue weighted by Gasteiger charge is -2.44. The molecule has 2 atom stereocenters. The quantitative estimate of drug-likeness (QED) is 0.667. The predicted molar refractivity (Wildman–Crippen MR) is 114 cm³/mol. The molecule has 2 heterocycles. The number of benzene rings is 1. The number of fused-ring (bicyclic) bond motifs is 1. The Kier molecular flexibility index (Phi) is 6.28. The zero-order valence-electron chi connectivity index (χ0n) is 16.9. The van der Waals surface area contributed by atoms with E-state index in [1.807, 2.05) is 17.0 Å². The number of carbonyl (C=O) groups is 2. The minimum atomic E-state index is -0.525. The van der Waals surface area contributed by atoms with Crippen LogP contribution in [0.3, 0.4) is 0 Å². The second-order valence-electron chi connectivity index (χ2n) is 8.01. The molecule has 154 valence electrons. The highest BCUT2D eigenvalue weighted by atomic mass is 32.1. The summed E-state index contributed by atoms with van der Waals surface area (Å²) in [5.41, 5.74) is 2.52. The first kappa shape index (κ1) is 20.1. The first-order valence-electron chi connectivity index (χ1n) is 10.7. The molecule has 2 aliphatic rings. The summed E-state index contributed by atoms with van der Waals surface area (Å²) in [5.74, 6) is 0.0288. The third-order valence-electron chi connectivity index (χ3n) is 6.21. The van der Waals surface area contributed by atoms with E-state index >= 15 is 0 Å². The molecule has 0 unspecified atom stereocenters. The van der Waals surface area contributed by atoms with E-state index in [9.17, 15) is 9.59 Å². The van der Waals surface area contributed by atoms with Crippen LogP contribution < -0.4 is 0 Å². The molecule has 1 aliphatic carbocycles. The number of aromatic nitrogens is 1. The first-order chi connectivity index (χ1) is 14.2. The van der Waals surface area contributed by atoms with Gasteiger partial charge in [0.15, 0.2) is 12.3 Å². The van der Waals surface area contributed by atoms with Gasteiger partial charge < -0.3 is 9.64 Å². The molecular formula is C23H28N2O3S. The van der Waals surface area contributed by atoms with Gasteiger partial charge in [-0.1, -0.05) is 44.0 Å². The maximum absolute atomic E-state index is 12.7. The summed E-state index contributed by atoms with van der Waals surface area (Å²) < 4.78 is 5.32. The molecule has 0 bridgehead atoms. The molecule has 1 saturated carbocycles. The Labute approximate surface area is 176 Å². The van der Waals surface area contributed by atoms with Gasteiger partial charge in [-0.15, -0.1) is 11.3 Å².